The lowest BCUT2D eigenvalue weighted by Gasteiger charge is -2.08. The number of nitrogens with zero attached hydrogens (tertiary/aromatic N) is 1. The first-order valence-corrected chi connectivity index (χ1v) is 6.82. The molecule has 0 aromatic carbocycles. The van der Waals surface area contributed by atoms with E-state index in [-0.39, 0.29) is 5.56 Å². The zero-order valence-corrected chi connectivity index (χ0v) is 11.2. The molecule has 0 spiro atoms. The van der Waals surface area contributed by atoms with E-state index in [1.807, 2.05) is 6.07 Å². The lowest BCUT2D eigenvalue weighted by Crippen LogP contribution is -2.22. The van der Waals surface area contributed by atoms with Gasteiger partial charge in [-0.25, -0.2) is 0 Å². The molecule has 1 rings (SSSR count). The van der Waals surface area contributed by atoms with Crippen LogP contribution >= 0.6 is 0 Å². The maximum absolute atomic E-state index is 12.0. The van der Waals surface area contributed by atoms with Crippen LogP contribution in [0, 0.1) is 0 Å². The molecule has 0 saturated carbocycles. The van der Waals surface area contributed by atoms with Crippen molar-refractivity contribution < 1.29 is 4.74 Å². The van der Waals surface area contributed by atoms with Gasteiger partial charge in [0.25, 0.3) is 5.56 Å². The molecule has 1 aromatic heterocycles. The van der Waals surface area contributed by atoms with Crippen LogP contribution in [0.4, 0.5) is 0 Å². The van der Waals surface area contributed by atoms with Gasteiger partial charge in [-0.05, 0) is 31.5 Å². The molecule has 0 bridgehead atoms. The largest absolute Gasteiger partial charge is 0.488 e. The summed E-state index contributed by atoms with van der Waals surface area (Å²) in [5.41, 5.74) is 5.39. The minimum absolute atomic E-state index is 0.0542. The van der Waals surface area contributed by atoms with E-state index in [1.165, 1.54) is 12.8 Å². The minimum Gasteiger partial charge on any atom is -0.488 e. The fourth-order valence-electron chi connectivity index (χ4n) is 1.77. The predicted molar refractivity (Wildman–Crippen MR) is 74.0 cm³/mol. The Labute approximate surface area is 109 Å². The average molecular weight is 252 g/mol. The summed E-state index contributed by atoms with van der Waals surface area (Å²) in [7, 11) is 0. The number of hydrogen-bond acceptors (Lipinski definition) is 3. The van der Waals surface area contributed by atoms with Gasteiger partial charge in [0.05, 0.1) is 6.61 Å². The Hall–Kier alpha value is -1.29. The molecule has 0 saturated heterocycles. The van der Waals surface area contributed by atoms with Crippen LogP contribution < -0.4 is 16.0 Å². The summed E-state index contributed by atoms with van der Waals surface area (Å²) >= 11 is 0. The number of aromatic nitrogens is 1. The molecule has 1 aromatic rings. The quantitative estimate of drug-likeness (QED) is 0.685. The highest BCUT2D eigenvalue weighted by Crippen LogP contribution is 2.05. The smallest absolute Gasteiger partial charge is 0.292 e. The Kier molecular flexibility index (Phi) is 7.18. The Morgan fingerprint density at radius 3 is 2.83 bits per heavy atom. The van der Waals surface area contributed by atoms with Crippen molar-refractivity contribution in [3.05, 3.63) is 28.7 Å². The van der Waals surface area contributed by atoms with Crippen LogP contribution in [-0.2, 0) is 6.54 Å². The summed E-state index contributed by atoms with van der Waals surface area (Å²) in [6.45, 7) is 4.04. The summed E-state index contributed by atoms with van der Waals surface area (Å²) in [6, 6.07) is 3.58. The molecular formula is C14H24N2O2. The van der Waals surface area contributed by atoms with Gasteiger partial charge in [0.1, 0.15) is 0 Å². The number of rotatable bonds is 9. The third-order valence-electron chi connectivity index (χ3n) is 2.84. The SMILES string of the molecule is CCCCCCOc1cccn(CCCN)c1=O. The van der Waals surface area contributed by atoms with Gasteiger partial charge in [0, 0.05) is 12.7 Å². The molecular weight excluding hydrogens is 228 g/mol. The molecule has 18 heavy (non-hydrogen) atoms. The maximum Gasteiger partial charge on any atom is 0.292 e. The summed E-state index contributed by atoms with van der Waals surface area (Å²) < 4.78 is 7.20. The Morgan fingerprint density at radius 1 is 1.28 bits per heavy atom. The fraction of sp³-hybridized carbons (Fsp3) is 0.643. The molecule has 0 aliphatic heterocycles. The van der Waals surface area contributed by atoms with Gasteiger partial charge >= 0.3 is 0 Å². The number of hydrogen-bond donors (Lipinski definition) is 1. The number of ether oxygens (including phenoxy) is 1. The van der Waals surface area contributed by atoms with E-state index in [0.29, 0.717) is 25.4 Å². The van der Waals surface area contributed by atoms with Crippen molar-refractivity contribution in [2.75, 3.05) is 13.2 Å². The number of unbranched alkanes of at least 4 members (excludes halogenated alkanes) is 3. The van der Waals surface area contributed by atoms with Gasteiger partial charge in [0.15, 0.2) is 5.75 Å². The van der Waals surface area contributed by atoms with Crippen molar-refractivity contribution in [1.82, 2.24) is 4.57 Å². The lowest BCUT2D eigenvalue weighted by atomic mass is 10.2. The molecule has 0 fully saturated rings. The van der Waals surface area contributed by atoms with Crippen LogP contribution in [-0.4, -0.2) is 17.7 Å². The van der Waals surface area contributed by atoms with Crippen molar-refractivity contribution in [3.63, 3.8) is 0 Å². The first-order valence-electron chi connectivity index (χ1n) is 6.82. The first kappa shape index (κ1) is 14.8. The second-order valence-electron chi connectivity index (χ2n) is 4.42. The van der Waals surface area contributed by atoms with Crippen molar-refractivity contribution >= 4 is 0 Å². The third kappa shape index (κ3) is 4.92. The number of pyridine rings is 1. The molecule has 4 nitrogen and oxygen atoms in total. The van der Waals surface area contributed by atoms with E-state index in [0.717, 1.165) is 19.3 Å². The van der Waals surface area contributed by atoms with Crippen molar-refractivity contribution in [2.24, 2.45) is 5.73 Å². The highest BCUT2D eigenvalue weighted by molar-refractivity contribution is 5.17. The highest BCUT2D eigenvalue weighted by atomic mass is 16.5. The molecule has 2 N–H and O–H groups in total. The second kappa shape index (κ2) is 8.75. The van der Waals surface area contributed by atoms with Crippen molar-refractivity contribution in [1.29, 1.82) is 0 Å². The standard InChI is InChI=1S/C14H24N2O2/c1-2-3-4-5-12-18-13-8-6-10-16(14(13)17)11-7-9-15/h6,8,10H,2-5,7,9,11-12,15H2,1H3. The van der Waals surface area contributed by atoms with E-state index in [1.54, 1.807) is 16.8 Å². The van der Waals surface area contributed by atoms with Crippen molar-refractivity contribution in [2.45, 2.75) is 45.6 Å². The number of nitrogens with two attached hydrogens (primary N) is 1. The molecule has 0 unspecified atom stereocenters. The normalized spacial score (nSPS) is 10.6. The summed E-state index contributed by atoms with van der Waals surface area (Å²) in [4.78, 5) is 12.0. The molecule has 1 heterocycles. The van der Waals surface area contributed by atoms with Gasteiger partial charge < -0.3 is 15.0 Å². The van der Waals surface area contributed by atoms with Gasteiger partial charge in [0.2, 0.25) is 0 Å². The maximum atomic E-state index is 12.0. The fourth-order valence-corrected chi connectivity index (χ4v) is 1.77. The summed E-state index contributed by atoms with van der Waals surface area (Å²) in [5.74, 6) is 0.450. The van der Waals surface area contributed by atoms with Gasteiger partial charge in [-0.15, -0.1) is 0 Å². The van der Waals surface area contributed by atoms with Crippen LogP contribution in [0.15, 0.2) is 23.1 Å². The van der Waals surface area contributed by atoms with Crippen LogP contribution in [0.3, 0.4) is 0 Å². The predicted octanol–water partition coefficient (Wildman–Crippen LogP) is 2.16. The molecule has 102 valence electrons. The van der Waals surface area contributed by atoms with Crippen LogP contribution in [0.5, 0.6) is 5.75 Å². The van der Waals surface area contributed by atoms with E-state index in [9.17, 15) is 4.79 Å². The minimum atomic E-state index is -0.0542. The van der Waals surface area contributed by atoms with E-state index >= 15 is 0 Å². The summed E-state index contributed by atoms with van der Waals surface area (Å²) in [5, 5.41) is 0. The zero-order valence-electron chi connectivity index (χ0n) is 11.2. The summed E-state index contributed by atoms with van der Waals surface area (Å²) in [6.07, 6.45) is 7.17. The van der Waals surface area contributed by atoms with Gasteiger partial charge in [-0.2, -0.15) is 0 Å². The van der Waals surface area contributed by atoms with E-state index < -0.39 is 0 Å². The third-order valence-corrected chi connectivity index (χ3v) is 2.84. The van der Waals surface area contributed by atoms with Crippen LogP contribution in [0.25, 0.3) is 0 Å². The average Bonchev–Trinajstić information content (AvgIpc) is 2.39. The Bertz CT molecular complexity index is 388. The monoisotopic (exact) mass is 252 g/mol. The highest BCUT2D eigenvalue weighted by Gasteiger charge is 2.03. The molecule has 0 radical (unpaired) electrons. The molecule has 0 amide bonds. The molecule has 0 atom stereocenters. The Morgan fingerprint density at radius 2 is 2.11 bits per heavy atom. The first-order chi connectivity index (χ1) is 8.79. The number of aryl methyl sites for hydroxylation is 1. The van der Waals surface area contributed by atoms with E-state index in [2.05, 4.69) is 6.92 Å². The molecule has 0 aliphatic rings. The van der Waals surface area contributed by atoms with E-state index in [4.69, 9.17) is 10.5 Å². The van der Waals surface area contributed by atoms with Gasteiger partial charge in [-0.1, -0.05) is 26.2 Å². The molecule has 4 heteroatoms. The van der Waals surface area contributed by atoms with Crippen LogP contribution in [0.1, 0.15) is 39.0 Å². The van der Waals surface area contributed by atoms with Gasteiger partial charge in [-0.3, -0.25) is 4.79 Å². The Balaban J connectivity index is 2.47. The molecule has 0 aliphatic carbocycles. The second-order valence-corrected chi connectivity index (χ2v) is 4.42. The zero-order chi connectivity index (χ0) is 13.2. The lowest BCUT2D eigenvalue weighted by molar-refractivity contribution is 0.298. The topological polar surface area (TPSA) is 57.2 Å². The van der Waals surface area contributed by atoms with Crippen molar-refractivity contribution in [3.8, 4) is 5.75 Å². The van der Waals surface area contributed by atoms with Crippen LogP contribution in [0.2, 0.25) is 0 Å².